The van der Waals surface area contributed by atoms with Gasteiger partial charge < -0.3 is 15.0 Å². The lowest BCUT2D eigenvalue weighted by molar-refractivity contribution is -0.113. The first-order chi connectivity index (χ1) is 13.1. The van der Waals surface area contributed by atoms with Gasteiger partial charge in [-0.25, -0.2) is 0 Å². The molecule has 5 nitrogen and oxygen atoms in total. The Morgan fingerprint density at radius 2 is 1.96 bits per heavy atom. The first kappa shape index (κ1) is 19.0. The largest absolute Gasteiger partial charge is 0.495 e. The fourth-order valence-corrected chi connectivity index (χ4v) is 3.56. The van der Waals surface area contributed by atoms with Crippen molar-refractivity contribution in [1.29, 1.82) is 0 Å². The predicted molar refractivity (Wildman–Crippen MR) is 112 cm³/mol. The van der Waals surface area contributed by atoms with Crippen molar-refractivity contribution in [3.63, 3.8) is 0 Å². The molecule has 2 N–H and O–H groups in total. The molecule has 6 heteroatoms. The molecule has 0 radical (unpaired) electrons. The average molecular weight is 382 g/mol. The molecule has 3 aromatic rings. The number of carbonyl (C=O) groups excluding carboxylic acids is 1. The van der Waals surface area contributed by atoms with Crippen molar-refractivity contribution in [2.24, 2.45) is 0 Å². The number of nitrogens with one attached hydrogen (secondary N) is 2. The number of anilines is 1. The summed E-state index contributed by atoms with van der Waals surface area (Å²) in [4.78, 5) is 27.7. The zero-order chi connectivity index (χ0) is 19.2. The number of carbonyl (C=O) groups is 1. The summed E-state index contributed by atoms with van der Waals surface area (Å²) < 4.78 is 5.32. The number of H-pyrrole nitrogens is 1. The van der Waals surface area contributed by atoms with Crippen LogP contribution in [0.4, 0.5) is 5.69 Å². The van der Waals surface area contributed by atoms with Crippen molar-refractivity contribution < 1.29 is 9.53 Å². The summed E-state index contributed by atoms with van der Waals surface area (Å²) in [5.41, 5.74) is 3.42. The maximum absolute atomic E-state index is 12.3. The van der Waals surface area contributed by atoms with E-state index in [2.05, 4.69) is 17.2 Å². The van der Waals surface area contributed by atoms with Crippen molar-refractivity contribution in [3.8, 4) is 5.75 Å². The van der Waals surface area contributed by atoms with E-state index in [1.165, 1.54) is 17.3 Å². The number of aromatic amines is 1. The van der Waals surface area contributed by atoms with Crippen LogP contribution in [0.3, 0.4) is 0 Å². The summed E-state index contributed by atoms with van der Waals surface area (Å²) in [6, 6.07) is 14.8. The van der Waals surface area contributed by atoms with E-state index in [4.69, 9.17) is 4.74 Å². The highest BCUT2D eigenvalue weighted by Crippen LogP contribution is 2.22. The quantitative estimate of drug-likeness (QED) is 0.649. The number of hydrogen-bond acceptors (Lipinski definition) is 4. The molecule has 0 spiro atoms. The number of methoxy groups -OCH3 is 1. The van der Waals surface area contributed by atoms with E-state index >= 15 is 0 Å². The minimum Gasteiger partial charge on any atom is -0.495 e. The topological polar surface area (TPSA) is 71.2 Å². The van der Waals surface area contributed by atoms with Crippen LogP contribution in [0.15, 0.2) is 53.3 Å². The lowest BCUT2D eigenvalue weighted by atomic mass is 10.1. The smallest absolute Gasteiger partial charge is 0.234 e. The number of thioether (sulfide) groups is 1. The van der Waals surface area contributed by atoms with Crippen LogP contribution < -0.4 is 15.5 Å². The SMILES string of the molecule is CCc1ccc(NC(=O)CSCc2cc(=O)c3cccc(OC)c3[nH]2)cc1. The predicted octanol–water partition coefficient (Wildman–Crippen LogP) is 3.97. The summed E-state index contributed by atoms with van der Waals surface area (Å²) in [6.45, 7) is 2.09. The minimum absolute atomic E-state index is 0.0567. The van der Waals surface area contributed by atoms with Gasteiger partial charge in [-0.05, 0) is 36.2 Å². The highest BCUT2D eigenvalue weighted by atomic mass is 32.2. The number of benzene rings is 2. The molecule has 0 aliphatic carbocycles. The van der Waals surface area contributed by atoms with Gasteiger partial charge in [0.25, 0.3) is 0 Å². The lowest BCUT2D eigenvalue weighted by Gasteiger charge is -2.08. The van der Waals surface area contributed by atoms with Gasteiger partial charge in [0.05, 0.1) is 18.4 Å². The Hall–Kier alpha value is -2.73. The molecular formula is C21H22N2O3S. The molecule has 0 fully saturated rings. The van der Waals surface area contributed by atoms with Gasteiger partial charge in [-0.3, -0.25) is 9.59 Å². The molecule has 1 amide bonds. The molecule has 1 heterocycles. The molecule has 0 unspecified atom stereocenters. The van der Waals surface area contributed by atoms with Gasteiger partial charge >= 0.3 is 0 Å². The van der Waals surface area contributed by atoms with Gasteiger partial charge in [0.15, 0.2) is 5.43 Å². The Balaban J connectivity index is 1.61. The first-order valence-corrected chi connectivity index (χ1v) is 9.91. The number of aryl methyl sites for hydroxylation is 1. The van der Waals surface area contributed by atoms with Gasteiger partial charge in [0.2, 0.25) is 5.91 Å². The highest BCUT2D eigenvalue weighted by molar-refractivity contribution is 7.99. The Morgan fingerprint density at radius 1 is 1.19 bits per heavy atom. The third kappa shape index (κ3) is 4.71. The fraction of sp³-hybridized carbons (Fsp3) is 0.238. The van der Waals surface area contributed by atoms with Crippen molar-refractivity contribution in [3.05, 3.63) is 70.0 Å². The van der Waals surface area contributed by atoms with Crippen LogP contribution >= 0.6 is 11.8 Å². The second-order valence-electron chi connectivity index (χ2n) is 6.13. The molecule has 0 atom stereocenters. The molecule has 0 aliphatic rings. The highest BCUT2D eigenvalue weighted by Gasteiger charge is 2.08. The summed E-state index contributed by atoms with van der Waals surface area (Å²) >= 11 is 1.45. The summed E-state index contributed by atoms with van der Waals surface area (Å²) in [5, 5.41) is 3.48. The summed E-state index contributed by atoms with van der Waals surface area (Å²) in [6.07, 6.45) is 0.971. The van der Waals surface area contributed by atoms with Crippen molar-refractivity contribution in [2.45, 2.75) is 19.1 Å². The summed E-state index contributed by atoms with van der Waals surface area (Å²) in [5.74, 6) is 1.40. The van der Waals surface area contributed by atoms with E-state index in [9.17, 15) is 9.59 Å². The number of fused-ring (bicyclic) bond motifs is 1. The molecule has 1 aromatic heterocycles. The van der Waals surface area contributed by atoms with Crippen LogP contribution in [0.1, 0.15) is 18.2 Å². The normalized spacial score (nSPS) is 10.7. The second kappa shape index (κ2) is 8.77. The van der Waals surface area contributed by atoms with Gasteiger partial charge in [0.1, 0.15) is 5.75 Å². The van der Waals surface area contributed by atoms with Gasteiger partial charge in [-0.1, -0.05) is 25.1 Å². The third-order valence-electron chi connectivity index (χ3n) is 4.24. The van der Waals surface area contributed by atoms with Crippen LogP contribution in [0.25, 0.3) is 10.9 Å². The van der Waals surface area contributed by atoms with E-state index in [1.54, 1.807) is 25.3 Å². The van der Waals surface area contributed by atoms with Gasteiger partial charge in [0, 0.05) is 28.6 Å². The maximum Gasteiger partial charge on any atom is 0.234 e. The standard InChI is InChI=1S/C21H22N2O3S/c1-3-14-7-9-15(10-8-14)22-20(25)13-27-12-16-11-18(24)17-5-4-6-19(26-2)21(17)23-16/h4-11H,3,12-13H2,1-2H3,(H,22,25)(H,23,24). The Bertz CT molecular complexity index is 996. The molecule has 0 bridgehead atoms. The Labute approximate surface area is 162 Å². The van der Waals surface area contributed by atoms with E-state index < -0.39 is 0 Å². The van der Waals surface area contributed by atoms with Crippen LogP contribution in [0, 0.1) is 0 Å². The van der Waals surface area contributed by atoms with Crippen LogP contribution in [-0.4, -0.2) is 23.8 Å². The second-order valence-corrected chi connectivity index (χ2v) is 7.12. The molecule has 0 saturated heterocycles. The number of ether oxygens (including phenoxy) is 1. The van der Waals surface area contributed by atoms with E-state index in [0.29, 0.717) is 28.2 Å². The molecule has 0 saturated carbocycles. The molecule has 140 valence electrons. The number of hydrogen-bond donors (Lipinski definition) is 2. The van der Waals surface area contributed by atoms with Crippen LogP contribution in [0.5, 0.6) is 5.75 Å². The molecule has 27 heavy (non-hydrogen) atoms. The van der Waals surface area contributed by atoms with Gasteiger partial charge in [-0.2, -0.15) is 0 Å². The van der Waals surface area contributed by atoms with Crippen molar-refractivity contribution in [2.75, 3.05) is 18.2 Å². The van der Waals surface area contributed by atoms with Gasteiger partial charge in [-0.15, -0.1) is 11.8 Å². The number of rotatable bonds is 7. The molecule has 0 aliphatic heterocycles. The third-order valence-corrected chi connectivity index (χ3v) is 5.22. The van der Waals surface area contributed by atoms with E-state index in [-0.39, 0.29) is 11.3 Å². The van der Waals surface area contributed by atoms with Crippen molar-refractivity contribution >= 4 is 34.3 Å². The van der Waals surface area contributed by atoms with Crippen LogP contribution in [-0.2, 0) is 17.0 Å². The number of para-hydroxylation sites is 1. The van der Waals surface area contributed by atoms with E-state index in [0.717, 1.165) is 17.8 Å². The zero-order valence-electron chi connectivity index (χ0n) is 15.4. The minimum atomic E-state index is -0.0648. The van der Waals surface area contributed by atoms with Crippen molar-refractivity contribution in [1.82, 2.24) is 4.98 Å². The molecule has 2 aromatic carbocycles. The molecular weight excluding hydrogens is 360 g/mol. The lowest BCUT2D eigenvalue weighted by Crippen LogP contribution is -2.14. The number of amides is 1. The first-order valence-electron chi connectivity index (χ1n) is 8.76. The number of aromatic nitrogens is 1. The molecule has 3 rings (SSSR count). The Kier molecular flexibility index (Phi) is 6.19. The number of pyridine rings is 1. The van der Waals surface area contributed by atoms with Crippen LogP contribution in [0.2, 0.25) is 0 Å². The average Bonchev–Trinajstić information content (AvgIpc) is 2.68. The summed E-state index contributed by atoms with van der Waals surface area (Å²) in [7, 11) is 1.58. The monoisotopic (exact) mass is 382 g/mol. The van der Waals surface area contributed by atoms with E-state index in [1.807, 2.05) is 30.3 Å². The Morgan fingerprint density at radius 3 is 2.67 bits per heavy atom. The fourth-order valence-electron chi connectivity index (χ4n) is 2.82. The maximum atomic E-state index is 12.3. The zero-order valence-corrected chi connectivity index (χ0v) is 16.2.